The SMILES string of the molecule is Cn1ncc(CNC(=O)c2ccc([N+](=O)[O-])cc2F)c1N. The van der Waals surface area contributed by atoms with Gasteiger partial charge in [-0.05, 0) is 6.07 Å². The molecule has 0 radical (unpaired) electrons. The molecule has 0 unspecified atom stereocenters. The summed E-state index contributed by atoms with van der Waals surface area (Å²) in [5, 5.41) is 16.9. The first-order valence-electron chi connectivity index (χ1n) is 5.88. The Morgan fingerprint density at radius 3 is 2.81 bits per heavy atom. The van der Waals surface area contributed by atoms with E-state index in [2.05, 4.69) is 10.4 Å². The van der Waals surface area contributed by atoms with E-state index >= 15 is 0 Å². The van der Waals surface area contributed by atoms with Crippen LogP contribution in [0.3, 0.4) is 0 Å². The largest absolute Gasteiger partial charge is 0.384 e. The van der Waals surface area contributed by atoms with Gasteiger partial charge in [-0.15, -0.1) is 0 Å². The number of non-ortho nitro benzene ring substituents is 1. The molecule has 0 aliphatic carbocycles. The van der Waals surface area contributed by atoms with Gasteiger partial charge in [-0.1, -0.05) is 0 Å². The van der Waals surface area contributed by atoms with Crippen molar-refractivity contribution in [3.05, 3.63) is 51.5 Å². The van der Waals surface area contributed by atoms with Crippen LogP contribution in [0.25, 0.3) is 0 Å². The van der Waals surface area contributed by atoms with Crippen LogP contribution in [0.1, 0.15) is 15.9 Å². The van der Waals surface area contributed by atoms with Crippen LogP contribution in [0.2, 0.25) is 0 Å². The van der Waals surface area contributed by atoms with E-state index in [1.54, 1.807) is 7.05 Å². The molecule has 1 aromatic heterocycles. The first-order chi connectivity index (χ1) is 9.90. The van der Waals surface area contributed by atoms with Gasteiger partial charge in [-0.2, -0.15) is 5.10 Å². The van der Waals surface area contributed by atoms with Crippen molar-refractivity contribution in [3.8, 4) is 0 Å². The summed E-state index contributed by atoms with van der Waals surface area (Å²) in [5.74, 6) is -1.26. The standard InChI is InChI=1S/C12H12FN5O3/c1-17-11(14)7(6-16-17)5-15-12(19)9-3-2-8(18(20)21)4-10(9)13/h2-4,6H,5,14H2,1H3,(H,15,19). The molecule has 0 atom stereocenters. The first kappa shape index (κ1) is 14.4. The summed E-state index contributed by atoms with van der Waals surface area (Å²) in [6, 6.07) is 2.83. The zero-order valence-electron chi connectivity index (χ0n) is 11.0. The van der Waals surface area contributed by atoms with Crippen LogP contribution in [0.4, 0.5) is 15.9 Å². The van der Waals surface area contributed by atoms with Crippen molar-refractivity contribution in [2.75, 3.05) is 5.73 Å². The summed E-state index contributed by atoms with van der Waals surface area (Å²) in [7, 11) is 1.65. The summed E-state index contributed by atoms with van der Waals surface area (Å²) < 4.78 is 15.1. The van der Waals surface area contributed by atoms with E-state index in [9.17, 15) is 19.3 Å². The Morgan fingerprint density at radius 1 is 1.57 bits per heavy atom. The lowest BCUT2D eigenvalue weighted by molar-refractivity contribution is -0.385. The van der Waals surface area contributed by atoms with Crippen LogP contribution in [0, 0.1) is 15.9 Å². The zero-order valence-corrected chi connectivity index (χ0v) is 11.0. The van der Waals surface area contributed by atoms with E-state index in [0.717, 1.165) is 12.1 Å². The lowest BCUT2D eigenvalue weighted by Crippen LogP contribution is -2.24. The number of rotatable bonds is 4. The zero-order chi connectivity index (χ0) is 15.6. The van der Waals surface area contributed by atoms with Crippen LogP contribution in [-0.4, -0.2) is 20.6 Å². The Kier molecular flexibility index (Phi) is 3.83. The molecule has 1 amide bonds. The fourth-order valence-electron chi connectivity index (χ4n) is 1.70. The van der Waals surface area contributed by atoms with Crippen molar-refractivity contribution in [2.24, 2.45) is 7.05 Å². The van der Waals surface area contributed by atoms with Gasteiger partial charge in [0.2, 0.25) is 0 Å². The highest BCUT2D eigenvalue weighted by Gasteiger charge is 2.16. The van der Waals surface area contributed by atoms with Crippen LogP contribution >= 0.6 is 0 Å². The number of anilines is 1. The molecule has 110 valence electrons. The molecule has 0 fully saturated rings. The molecule has 0 spiro atoms. The average Bonchev–Trinajstić information content (AvgIpc) is 2.76. The second kappa shape index (κ2) is 5.57. The fraction of sp³-hybridized carbons (Fsp3) is 0.167. The third kappa shape index (κ3) is 2.96. The van der Waals surface area contributed by atoms with E-state index in [1.165, 1.54) is 10.9 Å². The van der Waals surface area contributed by atoms with Gasteiger partial charge in [-0.25, -0.2) is 4.39 Å². The van der Waals surface area contributed by atoms with E-state index < -0.39 is 22.3 Å². The molecule has 9 heteroatoms. The molecule has 2 aromatic rings. The van der Waals surface area contributed by atoms with Gasteiger partial charge in [0.15, 0.2) is 0 Å². The molecule has 1 aromatic carbocycles. The summed E-state index contributed by atoms with van der Waals surface area (Å²) in [4.78, 5) is 21.6. The molecule has 8 nitrogen and oxygen atoms in total. The number of amides is 1. The third-order valence-corrected chi connectivity index (χ3v) is 2.91. The lowest BCUT2D eigenvalue weighted by atomic mass is 10.1. The maximum atomic E-state index is 13.7. The van der Waals surface area contributed by atoms with E-state index in [4.69, 9.17) is 5.73 Å². The summed E-state index contributed by atoms with van der Waals surface area (Å²) in [5.41, 5.74) is 5.61. The van der Waals surface area contributed by atoms with Crippen molar-refractivity contribution in [2.45, 2.75) is 6.54 Å². The molecule has 0 aliphatic rings. The van der Waals surface area contributed by atoms with Crippen LogP contribution in [-0.2, 0) is 13.6 Å². The molecule has 0 saturated heterocycles. The number of hydrogen-bond donors (Lipinski definition) is 2. The Hall–Kier alpha value is -2.97. The topological polar surface area (TPSA) is 116 Å². The second-order valence-corrected chi connectivity index (χ2v) is 4.28. The molecule has 1 heterocycles. The minimum atomic E-state index is -0.958. The maximum Gasteiger partial charge on any atom is 0.272 e. The van der Waals surface area contributed by atoms with Gasteiger partial charge in [0.25, 0.3) is 11.6 Å². The predicted octanol–water partition coefficient (Wildman–Crippen LogP) is 0.980. The number of nitrogens with two attached hydrogens (primary N) is 1. The molecule has 0 aliphatic heterocycles. The Labute approximate surface area is 118 Å². The lowest BCUT2D eigenvalue weighted by Gasteiger charge is -2.06. The molecular formula is C12H12FN5O3. The number of halogens is 1. The molecule has 21 heavy (non-hydrogen) atoms. The molecule has 3 N–H and O–H groups in total. The van der Waals surface area contributed by atoms with Crippen molar-refractivity contribution >= 4 is 17.4 Å². The fourth-order valence-corrected chi connectivity index (χ4v) is 1.70. The maximum absolute atomic E-state index is 13.7. The number of nitro benzene ring substituents is 1. The molecule has 2 rings (SSSR count). The number of carbonyl (C=O) groups excluding carboxylic acids is 1. The van der Waals surface area contributed by atoms with E-state index in [-0.39, 0.29) is 12.1 Å². The quantitative estimate of drug-likeness (QED) is 0.644. The van der Waals surface area contributed by atoms with Gasteiger partial charge in [0.1, 0.15) is 11.6 Å². The highest BCUT2D eigenvalue weighted by Crippen LogP contribution is 2.17. The summed E-state index contributed by atoms with van der Waals surface area (Å²) in [6.45, 7) is 0.0783. The number of benzene rings is 1. The van der Waals surface area contributed by atoms with E-state index in [1.807, 2.05) is 0 Å². The summed E-state index contributed by atoms with van der Waals surface area (Å²) in [6.07, 6.45) is 1.49. The minimum absolute atomic E-state index is 0.0783. The normalized spacial score (nSPS) is 10.4. The highest BCUT2D eigenvalue weighted by atomic mass is 19.1. The second-order valence-electron chi connectivity index (χ2n) is 4.28. The minimum Gasteiger partial charge on any atom is -0.384 e. The van der Waals surface area contributed by atoms with Gasteiger partial charge in [-0.3, -0.25) is 19.6 Å². The highest BCUT2D eigenvalue weighted by molar-refractivity contribution is 5.94. The van der Waals surface area contributed by atoms with Crippen molar-refractivity contribution in [3.63, 3.8) is 0 Å². The molecular weight excluding hydrogens is 281 g/mol. The Bertz CT molecular complexity index is 713. The number of nitrogens with zero attached hydrogens (tertiary/aromatic N) is 3. The molecule has 0 saturated carbocycles. The monoisotopic (exact) mass is 293 g/mol. The number of nitro groups is 1. The van der Waals surface area contributed by atoms with Crippen molar-refractivity contribution < 1.29 is 14.1 Å². The van der Waals surface area contributed by atoms with E-state index in [0.29, 0.717) is 17.4 Å². The number of carbonyl (C=O) groups is 1. The van der Waals surface area contributed by atoms with Gasteiger partial charge >= 0.3 is 0 Å². The number of nitrogen functional groups attached to an aromatic ring is 1. The van der Waals surface area contributed by atoms with Crippen molar-refractivity contribution in [1.29, 1.82) is 0 Å². The number of aryl methyl sites for hydroxylation is 1. The van der Waals surface area contributed by atoms with Gasteiger partial charge < -0.3 is 11.1 Å². The summed E-state index contributed by atoms with van der Waals surface area (Å²) >= 11 is 0. The predicted molar refractivity (Wildman–Crippen MR) is 71.8 cm³/mol. The van der Waals surface area contributed by atoms with Crippen LogP contribution in [0.15, 0.2) is 24.4 Å². The van der Waals surface area contributed by atoms with Crippen LogP contribution in [0.5, 0.6) is 0 Å². The van der Waals surface area contributed by atoms with Gasteiger partial charge in [0, 0.05) is 25.2 Å². The number of nitrogens with one attached hydrogen (secondary N) is 1. The Balaban J connectivity index is 2.10. The third-order valence-electron chi connectivity index (χ3n) is 2.91. The Morgan fingerprint density at radius 2 is 2.29 bits per heavy atom. The number of aromatic nitrogens is 2. The smallest absolute Gasteiger partial charge is 0.272 e. The molecule has 0 bridgehead atoms. The van der Waals surface area contributed by atoms with Gasteiger partial charge in [0.05, 0.1) is 22.7 Å². The van der Waals surface area contributed by atoms with Crippen LogP contribution < -0.4 is 11.1 Å². The number of hydrogen-bond acceptors (Lipinski definition) is 5. The van der Waals surface area contributed by atoms with Crippen molar-refractivity contribution in [1.82, 2.24) is 15.1 Å². The average molecular weight is 293 g/mol. The first-order valence-corrected chi connectivity index (χ1v) is 5.88.